The molecular weight excluding hydrogens is 428 g/mol. The van der Waals surface area contributed by atoms with Gasteiger partial charge in [0.15, 0.2) is 11.2 Å². The van der Waals surface area contributed by atoms with Crippen molar-refractivity contribution in [1.29, 1.82) is 0 Å². The fraction of sp³-hybridized carbons (Fsp3) is 0.304. The average molecular weight is 455 g/mol. The third kappa shape index (κ3) is 6.27. The van der Waals surface area contributed by atoms with E-state index >= 15 is 0 Å². The molecule has 0 N–H and O–H groups in total. The van der Waals surface area contributed by atoms with Gasteiger partial charge < -0.3 is 18.3 Å². The molecule has 4 aromatic rings. The summed E-state index contributed by atoms with van der Waals surface area (Å²) in [5.41, 5.74) is 2.98. The fourth-order valence-corrected chi connectivity index (χ4v) is 3.79. The van der Waals surface area contributed by atoms with Crippen LogP contribution in [0.25, 0.3) is 21.9 Å². The molecule has 4 heterocycles. The van der Waals surface area contributed by atoms with E-state index in [1.165, 1.54) is 13.8 Å². The molecule has 0 radical (unpaired) electrons. The number of hydrogen-bond donors (Lipinski definition) is 0. The summed E-state index contributed by atoms with van der Waals surface area (Å²) in [6, 6.07) is 7.65. The van der Waals surface area contributed by atoms with E-state index in [9.17, 15) is 9.59 Å². The van der Waals surface area contributed by atoms with Gasteiger partial charge in [0.05, 0.1) is 35.4 Å². The first-order valence-electron chi connectivity index (χ1n) is 10.1. The van der Waals surface area contributed by atoms with Crippen LogP contribution in [0.3, 0.4) is 0 Å². The third-order valence-corrected chi connectivity index (χ3v) is 6.17. The number of furan rings is 2. The highest BCUT2D eigenvalue weighted by molar-refractivity contribution is 6.87. The number of fused-ring (bicyclic) bond motifs is 2. The van der Waals surface area contributed by atoms with E-state index in [4.69, 9.17) is 18.3 Å². The van der Waals surface area contributed by atoms with Crippen LogP contribution in [0.4, 0.5) is 0 Å². The summed E-state index contributed by atoms with van der Waals surface area (Å²) in [5, 5.41) is 3.04. The van der Waals surface area contributed by atoms with Crippen LogP contribution in [0, 0.1) is 0 Å². The Morgan fingerprint density at radius 3 is 2.00 bits per heavy atom. The molecule has 0 amide bonds. The maximum Gasteiger partial charge on any atom is 0.303 e. The Labute approximate surface area is 186 Å². The van der Waals surface area contributed by atoms with E-state index < -0.39 is 8.07 Å². The first-order chi connectivity index (χ1) is 15.1. The predicted molar refractivity (Wildman–Crippen MR) is 122 cm³/mol. The van der Waals surface area contributed by atoms with Crippen molar-refractivity contribution in [2.75, 3.05) is 0 Å². The SMILES string of the molecule is CC(=O)OCc1cc2cc([Si](C)(C)C)oc2cn1.CC(=O)OCc1cc2ccoc2cn1. The second kappa shape index (κ2) is 9.78. The summed E-state index contributed by atoms with van der Waals surface area (Å²) in [6.07, 6.45) is 4.91. The number of aromatic nitrogens is 2. The molecule has 0 fully saturated rings. The van der Waals surface area contributed by atoms with Crippen LogP contribution >= 0.6 is 0 Å². The Kier molecular flexibility index (Phi) is 7.09. The number of hydrogen-bond acceptors (Lipinski definition) is 8. The zero-order valence-corrected chi connectivity index (χ0v) is 19.8. The summed E-state index contributed by atoms with van der Waals surface area (Å²) < 4.78 is 20.7. The number of nitrogens with zero attached hydrogens (tertiary/aromatic N) is 2. The van der Waals surface area contributed by atoms with Crippen molar-refractivity contribution in [3.05, 3.63) is 54.3 Å². The Balaban J connectivity index is 0.000000186. The van der Waals surface area contributed by atoms with Gasteiger partial charge in [0.1, 0.15) is 21.3 Å². The van der Waals surface area contributed by atoms with Crippen LogP contribution in [-0.4, -0.2) is 30.0 Å². The highest BCUT2D eigenvalue weighted by atomic mass is 28.3. The van der Waals surface area contributed by atoms with E-state index in [2.05, 4.69) is 35.7 Å². The van der Waals surface area contributed by atoms with Gasteiger partial charge in [-0.15, -0.1) is 0 Å². The van der Waals surface area contributed by atoms with Crippen molar-refractivity contribution in [3.63, 3.8) is 0 Å². The van der Waals surface area contributed by atoms with E-state index in [-0.39, 0.29) is 25.2 Å². The Morgan fingerprint density at radius 1 is 0.875 bits per heavy atom. The molecule has 0 spiro atoms. The van der Waals surface area contributed by atoms with Crippen molar-refractivity contribution in [3.8, 4) is 0 Å². The van der Waals surface area contributed by atoms with Crippen molar-refractivity contribution >= 4 is 47.3 Å². The minimum atomic E-state index is -1.45. The fourth-order valence-electron chi connectivity index (χ4n) is 2.78. The Bertz CT molecular complexity index is 1240. The molecule has 0 atom stereocenters. The second-order valence-electron chi connectivity index (χ2n) is 8.27. The Morgan fingerprint density at radius 2 is 1.44 bits per heavy atom. The van der Waals surface area contributed by atoms with Gasteiger partial charge in [-0.2, -0.15) is 0 Å². The van der Waals surface area contributed by atoms with Gasteiger partial charge in [0.25, 0.3) is 0 Å². The van der Waals surface area contributed by atoms with Crippen LogP contribution in [0.5, 0.6) is 0 Å². The number of carbonyl (C=O) groups is 2. The van der Waals surface area contributed by atoms with E-state index in [1.54, 1.807) is 18.7 Å². The van der Waals surface area contributed by atoms with Gasteiger partial charge >= 0.3 is 11.9 Å². The molecule has 0 bridgehead atoms. The van der Waals surface area contributed by atoms with Gasteiger partial charge in [-0.1, -0.05) is 19.6 Å². The molecule has 0 aromatic carbocycles. The Hall–Kier alpha value is -3.46. The molecule has 32 heavy (non-hydrogen) atoms. The van der Waals surface area contributed by atoms with Crippen LogP contribution in [0.15, 0.2) is 51.8 Å². The van der Waals surface area contributed by atoms with E-state index in [0.717, 1.165) is 33.0 Å². The lowest BCUT2D eigenvalue weighted by Crippen LogP contribution is -2.36. The van der Waals surface area contributed by atoms with Crippen molar-refractivity contribution in [1.82, 2.24) is 9.97 Å². The smallest absolute Gasteiger partial charge is 0.303 e. The molecule has 9 heteroatoms. The minimum absolute atomic E-state index is 0.205. The standard InChI is InChI=1S/C13H17NO3Si.C10H9NO3/c1-9(15)16-8-11-5-10-6-13(18(2,3)4)17-12(10)7-14-11;1-7(12)14-6-9-4-8-2-3-13-10(8)5-11-9/h5-7H,8H2,1-4H3;2-5H,6H2,1H3. The summed E-state index contributed by atoms with van der Waals surface area (Å²) >= 11 is 0. The van der Waals surface area contributed by atoms with Crippen LogP contribution in [0.2, 0.25) is 19.6 Å². The van der Waals surface area contributed by atoms with Gasteiger partial charge in [-0.25, -0.2) is 0 Å². The molecule has 168 valence electrons. The summed E-state index contributed by atoms with van der Waals surface area (Å²) in [7, 11) is -1.45. The molecule has 8 nitrogen and oxygen atoms in total. The van der Waals surface area contributed by atoms with Crippen LogP contribution in [0.1, 0.15) is 25.2 Å². The van der Waals surface area contributed by atoms with Crippen LogP contribution in [-0.2, 0) is 32.3 Å². The van der Waals surface area contributed by atoms with Gasteiger partial charge in [-0.3, -0.25) is 19.6 Å². The molecular formula is C23H26N2O6Si. The number of rotatable bonds is 5. The second-order valence-corrected chi connectivity index (χ2v) is 13.3. The maximum absolute atomic E-state index is 10.8. The monoisotopic (exact) mass is 454 g/mol. The summed E-state index contributed by atoms with van der Waals surface area (Å²) in [4.78, 5) is 29.6. The molecule has 0 aliphatic heterocycles. The molecule has 4 rings (SSSR count). The zero-order valence-electron chi connectivity index (χ0n) is 18.8. The molecule has 0 unspecified atom stereocenters. The third-order valence-electron chi connectivity index (χ3n) is 4.44. The number of pyridine rings is 2. The molecule has 4 aromatic heterocycles. The highest BCUT2D eigenvalue weighted by Crippen LogP contribution is 2.17. The average Bonchev–Trinajstić information content (AvgIpc) is 3.36. The minimum Gasteiger partial charge on any atom is -0.465 e. The number of ether oxygens (including phenoxy) is 2. The number of esters is 2. The van der Waals surface area contributed by atoms with Gasteiger partial charge in [0, 0.05) is 24.6 Å². The lowest BCUT2D eigenvalue weighted by molar-refractivity contribution is -0.143. The lowest BCUT2D eigenvalue weighted by Gasteiger charge is -2.10. The van der Waals surface area contributed by atoms with Gasteiger partial charge in [-0.05, 0) is 24.3 Å². The van der Waals surface area contributed by atoms with E-state index in [1.807, 2.05) is 18.2 Å². The quantitative estimate of drug-likeness (QED) is 0.324. The first-order valence-corrected chi connectivity index (χ1v) is 13.6. The zero-order chi connectivity index (χ0) is 23.3. The topological polar surface area (TPSA) is 105 Å². The van der Waals surface area contributed by atoms with Crippen molar-refractivity contribution in [2.24, 2.45) is 0 Å². The maximum atomic E-state index is 10.8. The molecule has 0 saturated carbocycles. The highest BCUT2D eigenvalue weighted by Gasteiger charge is 2.21. The lowest BCUT2D eigenvalue weighted by atomic mass is 10.3. The van der Waals surface area contributed by atoms with Crippen LogP contribution < -0.4 is 5.38 Å². The summed E-state index contributed by atoms with van der Waals surface area (Å²) in [5.74, 6) is -0.606. The largest absolute Gasteiger partial charge is 0.465 e. The predicted octanol–water partition coefficient (Wildman–Crippen LogP) is 4.33. The van der Waals surface area contributed by atoms with E-state index in [0.29, 0.717) is 5.69 Å². The molecule has 0 aliphatic rings. The molecule has 0 aliphatic carbocycles. The van der Waals surface area contributed by atoms with Crippen molar-refractivity contribution in [2.45, 2.75) is 46.7 Å². The normalized spacial score (nSPS) is 11.2. The van der Waals surface area contributed by atoms with Crippen molar-refractivity contribution < 1.29 is 27.9 Å². The van der Waals surface area contributed by atoms with Gasteiger partial charge in [0.2, 0.25) is 0 Å². The number of carbonyl (C=O) groups excluding carboxylic acids is 2. The first kappa shape index (κ1) is 23.2. The summed E-state index contributed by atoms with van der Waals surface area (Å²) in [6.45, 7) is 9.87. The molecule has 0 saturated heterocycles.